The number of rotatable bonds is 2. The van der Waals surface area contributed by atoms with Crippen molar-refractivity contribution < 1.29 is 0 Å². The van der Waals surface area contributed by atoms with Crippen molar-refractivity contribution in [3.63, 3.8) is 0 Å². The largest absolute Gasteiger partial charge is 0.316 e. The van der Waals surface area contributed by atoms with Crippen molar-refractivity contribution in [2.75, 3.05) is 13.1 Å². The van der Waals surface area contributed by atoms with Crippen LogP contribution in [0.2, 0.25) is 0 Å². The fourth-order valence-electron chi connectivity index (χ4n) is 0.751. The monoisotopic (exact) mass is 127 g/mol. The molecule has 1 N–H and O–H groups in total. The van der Waals surface area contributed by atoms with Gasteiger partial charge in [-0.15, -0.1) is 6.58 Å². The minimum Gasteiger partial charge on any atom is -0.316 e. The van der Waals surface area contributed by atoms with Crippen molar-refractivity contribution in [2.45, 2.75) is 20.3 Å². The maximum atomic E-state index is 3.65. The summed E-state index contributed by atoms with van der Waals surface area (Å²) in [4.78, 5) is 0. The molecular weight excluding hydrogens is 110 g/mol. The van der Waals surface area contributed by atoms with Gasteiger partial charge < -0.3 is 5.32 Å². The molecule has 9 heavy (non-hydrogen) atoms. The van der Waals surface area contributed by atoms with Gasteiger partial charge in [0, 0.05) is 0 Å². The van der Waals surface area contributed by atoms with E-state index >= 15 is 0 Å². The molecule has 1 rings (SSSR count). The lowest BCUT2D eigenvalue weighted by Crippen LogP contribution is -2.41. The summed E-state index contributed by atoms with van der Waals surface area (Å²) in [5.74, 6) is 0.900. The van der Waals surface area contributed by atoms with Crippen LogP contribution >= 0.6 is 0 Å². The molecular formula is C8H17N. The van der Waals surface area contributed by atoms with Crippen molar-refractivity contribution in [3.05, 3.63) is 12.7 Å². The van der Waals surface area contributed by atoms with E-state index in [-0.39, 0.29) is 0 Å². The summed E-state index contributed by atoms with van der Waals surface area (Å²) in [6.45, 7) is 10.1. The Morgan fingerprint density at radius 3 is 2.22 bits per heavy atom. The predicted molar refractivity (Wildman–Crippen MR) is 42.5 cm³/mol. The van der Waals surface area contributed by atoms with Gasteiger partial charge in [0.15, 0.2) is 0 Å². The Labute approximate surface area is 58.2 Å². The van der Waals surface area contributed by atoms with Gasteiger partial charge in [-0.05, 0) is 25.4 Å². The molecule has 0 aliphatic carbocycles. The minimum absolute atomic E-state index is 0.900. The topological polar surface area (TPSA) is 12.0 Å². The highest BCUT2D eigenvalue weighted by Gasteiger charge is 2.13. The molecule has 0 unspecified atom stereocenters. The van der Waals surface area contributed by atoms with Crippen LogP contribution in [-0.4, -0.2) is 13.1 Å². The van der Waals surface area contributed by atoms with Gasteiger partial charge in [-0.2, -0.15) is 0 Å². The quantitative estimate of drug-likeness (QED) is 0.558. The summed E-state index contributed by atoms with van der Waals surface area (Å²) in [6.07, 6.45) is 3.18. The summed E-state index contributed by atoms with van der Waals surface area (Å²) in [7, 11) is 0. The molecule has 1 saturated heterocycles. The Kier molecular flexibility index (Phi) is 5.64. The van der Waals surface area contributed by atoms with Crippen LogP contribution in [0.3, 0.4) is 0 Å². The van der Waals surface area contributed by atoms with Crippen molar-refractivity contribution in [1.82, 2.24) is 5.32 Å². The molecule has 54 valence electrons. The van der Waals surface area contributed by atoms with E-state index in [1.54, 1.807) is 0 Å². The molecule has 0 radical (unpaired) electrons. The van der Waals surface area contributed by atoms with Crippen LogP contribution in [0.4, 0.5) is 0 Å². The van der Waals surface area contributed by atoms with E-state index < -0.39 is 0 Å². The molecule has 0 amide bonds. The Morgan fingerprint density at radius 1 is 1.56 bits per heavy atom. The van der Waals surface area contributed by atoms with Gasteiger partial charge in [0.2, 0.25) is 0 Å². The van der Waals surface area contributed by atoms with Crippen molar-refractivity contribution >= 4 is 0 Å². The lowest BCUT2D eigenvalue weighted by atomic mass is 10.00. The van der Waals surface area contributed by atoms with E-state index in [0.717, 1.165) is 5.92 Å². The van der Waals surface area contributed by atoms with Crippen LogP contribution in [-0.2, 0) is 0 Å². The smallest absolute Gasteiger partial charge is 0.000528 e. The van der Waals surface area contributed by atoms with Gasteiger partial charge in [-0.25, -0.2) is 0 Å². The second-order valence-corrected chi connectivity index (χ2v) is 2.05. The Balaban J connectivity index is 0.000000291. The molecule has 0 bridgehead atoms. The van der Waals surface area contributed by atoms with E-state index in [1.165, 1.54) is 19.5 Å². The van der Waals surface area contributed by atoms with Crippen LogP contribution in [0, 0.1) is 5.92 Å². The molecule has 1 heteroatoms. The van der Waals surface area contributed by atoms with E-state index in [2.05, 4.69) is 11.9 Å². The van der Waals surface area contributed by atoms with Crippen molar-refractivity contribution in [3.8, 4) is 0 Å². The van der Waals surface area contributed by atoms with Crippen molar-refractivity contribution in [2.24, 2.45) is 5.92 Å². The standard InChI is InChI=1S/C6H11N.C2H6/c1-2-3-6-4-7-5-6;1-2/h2,6-7H,1,3-5H2;1-2H3. The predicted octanol–water partition coefficient (Wildman–Crippen LogP) is 1.81. The molecule has 1 fully saturated rings. The highest BCUT2D eigenvalue weighted by Crippen LogP contribution is 2.06. The Bertz CT molecular complexity index is 65.0. The van der Waals surface area contributed by atoms with Gasteiger partial charge in [0.05, 0.1) is 0 Å². The first-order valence-electron chi connectivity index (χ1n) is 3.75. The fourth-order valence-corrected chi connectivity index (χ4v) is 0.751. The number of allylic oxidation sites excluding steroid dienone is 1. The Hall–Kier alpha value is -0.300. The van der Waals surface area contributed by atoms with E-state index in [1.807, 2.05) is 19.9 Å². The fraction of sp³-hybridized carbons (Fsp3) is 0.750. The first kappa shape index (κ1) is 8.70. The van der Waals surface area contributed by atoms with Crippen LogP contribution in [0.1, 0.15) is 20.3 Å². The summed E-state index contributed by atoms with van der Waals surface area (Å²) in [5.41, 5.74) is 0. The van der Waals surface area contributed by atoms with Crippen LogP contribution in [0.15, 0.2) is 12.7 Å². The second-order valence-electron chi connectivity index (χ2n) is 2.05. The van der Waals surface area contributed by atoms with Gasteiger partial charge in [-0.1, -0.05) is 19.9 Å². The summed E-state index contributed by atoms with van der Waals surface area (Å²) in [5, 5.41) is 3.20. The highest BCUT2D eigenvalue weighted by atomic mass is 14.9. The maximum Gasteiger partial charge on any atom is -0.000528 e. The molecule has 0 aromatic carbocycles. The maximum absolute atomic E-state index is 3.65. The number of hydrogen-bond donors (Lipinski definition) is 1. The molecule has 0 aromatic rings. The molecule has 1 heterocycles. The molecule has 1 nitrogen and oxygen atoms in total. The van der Waals surface area contributed by atoms with Crippen LogP contribution in [0.25, 0.3) is 0 Å². The van der Waals surface area contributed by atoms with Gasteiger partial charge >= 0.3 is 0 Å². The molecule has 0 saturated carbocycles. The first-order chi connectivity index (χ1) is 4.43. The summed E-state index contributed by atoms with van der Waals surface area (Å²) >= 11 is 0. The Morgan fingerprint density at radius 2 is 2.11 bits per heavy atom. The lowest BCUT2D eigenvalue weighted by Gasteiger charge is -2.25. The van der Waals surface area contributed by atoms with Crippen LogP contribution < -0.4 is 5.32 Å². The van der Waals surface area contributed by atoms with Gasteiger partial charge in [0.25, 0.3) is 0 Å². The van der Waals surface area contributed by atoms with E-state index in [9.17, 15) is 0 Å². The van der Waals surface area contributed by atoms with Gasteiger partial charge in [0.1, 0.15) is 0 Å². The lowest BCUT2D eigenvalue weighted by molar-refractivity contribution is 0.352. The first-order valence-corrected chi connectivity index (χ1v) is 3.75. The van der Waals surface area contributed by atoms with E-state index in [4.69, 9.17) is 0 Å². The number of hydrogen-bond acceptors (Lipinski definition) is 1. The SMILES string of the molecule is C=CCC1CNC1.CC. The molecule has 0 spiro atoms. The third-order valence-electron chi connectivity index (χ3n) is 1.37. The normalized spacial score (nSPS) is 17.1. The average Bonchev–Trinajstić information content (AvgIpc) is 1.84. The summed E-state index contributed by atoms with van der Waals surface area (Å²) in [6, 6.07) is 0. The zero-order valence-electron chi connectivity index (χ0n) is 6.48. The third-order valence-corrected chi connectivity index (χ3v) is 1.37. The minimum atomic E-state index is 0.900. The summed E-state index contributed by atoms with van der Waals surface area (Å²) < 4.78 is 0. The van der Waals surface area contributed by atoms with Crippen molar-refractivity contribution in [1.29, 1.82) is 0 Å². The highest BCUT2D eigenvalue weighted by molar-refractivity contribution is 4.81. The van der Waals surface area contributed by atoms with Gasteiger partial charge in [-0.3, -0.25) is 0 Å². The molecule has 1 aliphatic rings. The molecule has 0 aromatic heterocycles. The third kappa shape index (κ3) is 3.31. The number of nitrogens with one attached hydrogen (secondary N) is 1. The average molecular weight is 127 g/mol. The van der Waals surface area contributed by atoms with Crippen LogP contribution in [0.5, 0.6) is 0 Å². The second kappa shape index (κ2) is 5.83. The zero-order valence-corrected chi connectivity index (χ0v) is 6.48. The van der Waals surface area contributed by atoms with E-state index in [0.29, 0.717) is 0 Å². The molecule has 1 aliphatic heterocycles. The molecule has 0 atom stereocenters. The zero-order chi connectivity index (χ0) is 7.11.